The van der Waals surface area contributed by atoms with Crippen molar-refractivity contribution in [2.45, 2.75) is 51.6 Å². The molecule has 92 valence electrons. The Hall–Kier alpha value is -0.590. The highest BCUT2D eigenvalue weighted by Gasteiger charge is 2.36. The molecule has 0 aliphatic carbocycles. The van der Waals surface area contributed by atoms with Gasteiger partial charge in [-0.3, -0.25) is 9.80 Å². The minimum atomic E-state index is 0.188. The average molecular weight is 223 g/mol. The Labute approximate surface area is 100 Å². The molecular formula is C13H25N3. The lowest BCUT2D eigenvalue weighted by atomic mass is 9.94. The lowest BCUT2D eigenvalue weighted by Gasteiger charge is -2.49. The summed E-state index contributed by atoms with van der Waals surface area (Å²) in [6, 6.07) is 2.71. The first kappa shape index (κ1) is 13.5. The number of piperazine rings is 1. The van der Waals surface area contributed by atoms with Gasteiger partial charge in [-0.1, -0.05) is 13.3 Å². The maximum absolute atomic E-state index is 8.87. The van der Waals surface area contributed by atoms with Crippen LogP contribution in [0.2, 0.25) is 0 Å². The van der Waals surface area contributed by atoms with Crippen molar-refractivity contribution in [3.63, 3.8) is 0 Å². The lowest BCUT2D eigenvalue weighted by molar-refractivity contribution is -0.00477. The summed E-state index contributed by atoms with van der Waals surface area (Å²) < 4.78 is 0. The fourth-order valence-corrected chi connectivity index (χ4v) is 2.50. The third-order valence-electron chi connectivity index (χ3n) is 3.74. The highest BCUT2D eigenvalue weighted by atomic mass is 15.3. The molecule has 1 aliphatic heterocycles. The first-order valence-electron chi connectivity index (χ1n) is 6.33. The molecule has 16 heavy (non-hydrogen) atoms. The Balaban J connectivity index is 2.62. The molecule has 0 radical (unpaired) electrons. The SMILES string of the molecule is CCCCN1CC(CC#N)N(C)C(C)(C)C1. The van der Waals surface area contributed by atoms with Gasteiger partial charge in [0.25, 0.3) is 0 Å². The van der Waals surface area contributed by atoms with Gasteiger partial charge >= 0.3 is 0 Å². The van der Waals surface area contributed by atoms with Crippen molar-refractivity contribution in [1.29, 1.82) is 5.26 Å². The summed E-state index contributed by atoms with van der Waals surface area (Å²) in [5.74, 6) is 0. The molecule has 0 saturated carbocycles. The molecule has 0 bridgehead atoms. The Kier molecular flexibility index (Phi) is 4.76. The topological polar surface area (TPSA) is 30.3 Å². The first-order chi connectivity index (χ1) is 7.51. The fourth-order valence-electron chi connectivity index (χ4n) is 2.50. The van der Waals surface area contributed by atoms with E-state index in [2.05, 4.69) is 43.7 Å². The molecule has 1 heterocycles. The van der Waals surface area contributed by atoms with Crippen LogP contribution in [0.15, 0.2) is 0 Å². The normalized spacial score (nSPS) is 26.6. The molecule has 0 N–H and O–H groups in total. The van der Waals surface area contributed by atoms with E-state index in [1.165, 1.54) is 19.4 Å². The second-order valence-corrected chi connectivity index (χ2v) is 5.53. The van der Waals surface area contributed by atoms with E-state index in [0.717, 1.165) is 13.1 Å². The van der Waals surface area contributed by atoms with Crippen LogP contribution < -0.4 is 0 Å². The number of unbranched alkanes of at least 4 members (excludes halogenated alkanes) is 1. The lowest BCUT2D eigenvalue weighted by Crippen LogP contribution is -2.62. The number of hydrogen-bond donors (Lipinski definition) is 0. The molecule has 1 unspecified atom stereocenters. The molecule has 3 nitrogen and oxygen atoms in total. The van der Waals surface area contributed by atoms with Crippen molar-refractivity contribution < 1.29 is 0 Å². The molecule has 0 spiro atoms. The highest BCUT2D eigenvalue weighted by Crippen LogP contribution is 2.24. The second-order valence-electron chi connectivity index (χ2n) is 5.53. The molecule has 1 saturated heterocycles. The Morgan fingerprint density at radius 2 is 2.12 bits per heavy atom. The van der Waals surface area contributed by atoms with Crippen molar-refractivity contribution in [1.82, 2.24) is 9.80 Å². The Morgan fingerprint density at radius 1 is 1.44 bits per heavy atom. The summed E-state index contributed by atoms with van der Waals surface area (Å²) in [5, 5.41) is 8.87. The Morgan fingerprint density at radius 3 is 2.69 bits per heavy atom. The molecular weight excluding hydrogens is 198 g/mol. The summed E-state index contributed by atoms with van der Waals surface area (Å²) in [4.78, 5) is 4.89. The van der Waals surface area contributed by atoms with E-state index < -0.39 is 0 Å². The zero-order chi connectivity index (χ0) is 12.2. The van der Waals surface area contributed by atoms with Crippen molar-refractivity contribution in [2.24, 2.45) is 0 Å². The molecule has 1 rings (SSSR count). The van der Waals surface area contributed by atoms with Gasteiger partial charge < -0.3 is 0 Å². The average Bonchev–Trinajstić information content (AvgIpc) is 2.22. The van der Waals surface area contributed by atoms with E-state index >= 15 is 0 Å². The van der Waals surface area contributed by atoms with E-state index in [0.29, 0.717) is 12.5 Å². The van der Waals surface area contributed by atoms with Crippen LogP contribution in [0.1, 0.15) is 40.0 Å². The van der Waals surface area contributed by atoms with Gasteiger partial charge in [0.05, 0.1) is 12.5 Å². The largest absolute Gasteiger partial charge is 0.300 e. The first-order valence-corrected chi connectivity index (χ1v) is 6.33. The van der Waals surface area contributed by atoms with Crippen LogP contribution in [0.3, 0.4) is 0 Å². The second kappa shape index (κ2) is 5.65. The van der Waals surface area contributed by atoms with Gasteiger partial charge in [-0.15, -0.1) is 0 Å². The van der Waals surface area contributed by atoms with Crippen LogP contribution in [0, 0.1) is 11.3 Å². The van der Waals surface area contributed by atoms with Gasteiger partial charge in [0.2, 0.25) is 0 Å². The highest BCUT2D eigenvalue weighted by molar-refractivity contribution is 4.96. The fraction of sp³-hybridized carbons (Fsp3) is 0.923. The van der Waals surface area contributed by atoms with Gasteiger partial charge in [0.1, 0.15) is 0 Å². The molecule has 0 aromatic rings. The van der Waals surface area contributed by atoms with Crippen LogP contribution in [0.25, 0.3) is 0 Å². The van der Waals surface area contributed by atoms with Crippen LogP contribution in [0.4, 0.5) is 0 Å². The summed E-state index contributed by atoms with van der Waals surface area (Å²) in [6.45, 7) is 10.1. The minimum Gasteiger partial charge on any atom is -0.300 e. The molecule has 1 aliphatic rings. The van der Waals surface area contributed by atoms with Gasteiger partial charge in [0, 0.05) is 24.7 Å². The predicted molar refractivity (Wildman–Crippen MR) is 67.2 cm³/mol. The number of nitrogens with zero attached hydrogens (tertiary/aromatic N) is 3. The third-order valence-corrected chi connectivity index (χ3v) is 3.74. The maximum atomic E-state index is 8.87. The van der Waals surface area contributed by atoms with E-state index in [1.807, 2.05) is 0 Å². The Bertz CT molecular complexity index is 254. The molecule has 1 atom stereocenters. The smallest absolute Gasteiger partial charge is 0.0638 e. The van der Waals surface area contributed by atoms with Crippen molar-refractivity contribution in [2.75, 3.05) is 26.7 Å². The number of hydrogen-bond acceptors (Lipinski definition) is 3. The van der Waals surface area contributed by atoms with Gasteiger partial charge in [-0.2, -0.15) is 5.26 Å². The zero-order valence-corrected chi connectivity index (χ0v) is 11.2. The molecule has 0 aromatic heterocycles. The van der Waals surface area contributed by atoms with E-state index in [9.17, 15) is 0 Å². The van der Waals surface area contributed by atoms with Crippen molar-refractivity contribution >= 4 is 0 Å². The zero-order valence-electron chi connectivity index (χ0n) is 11.2. The summed E-state index contributed by atoms with van der Waals surface area (Å²) in [5.41, 5.74) is 0.188. The van der Waals surface area contributed by atoms with Crippen molar-refractivity contribution in [3.05, 3.63) is 0 Å². The van der Waals surface area contributed by atoms with Crippen LogP contribution in [0.5, 0.6) is 0 Å². The molecule has 0 amide bonds. The van der Waals surface area contributed by atoms with Crippen LogP contribution in [-0.4, -0.2) is 48.1 Å². The number of rotatable bonds is 4. The number of nitriles is 1. The van der Waals surface area contributed by atoms with Crippen LogP contribution >= 0.6 is 0 Å². The molecule has 0 aromatic carbocycles. The van der Waals surface area contributed by atoms with Gasteiger partial charge in [-0.05, 0) is 33.9 Å². The molecule has 1 fully saturated rings. The predicted octanol–water partition coefficient (Wildman–Crippen LogP) is 2.09. The minimum absolute atomic E-state index is 0.188. The van der Waals surface area contributed by atoms with Gasteiger partial charge in [-0.25, -0.2) is 0 Å². The van der Waals surface area contributed by atoms with E-state index in [4.69, 9.17) is 5.26 Å². The standard InChI is InChI=1S/C13H25N3/c1-5-6-9-16-10-12(7-8-14)15(4)13(2,3)11-16/h12H,5-7,9-11H2,1-4H3. The summed E-state index contributed by atoms with van der Waals surface area (Å²) >= 11 is 0. The van der Waals surface area contributed by atoms with E-state index in [1.54, 1.807) is 0 Å². The van der Waals surface area contributed by atoms with Crippen LogP contribution in [-0.2, 0) is 0 Å². The van der Waals surface area contributed by atoms with Gasteiger partial charge in [0.15, 0.2) is 0 Å². The molecule has 3 heteroatoms. The quantitative estimate of drug-likeness (QED) is 0.731. The van der Waals surface area contributed by atoms with Crippen molar-refractivity contribution in [3.8, 4) is 6.07 Å². The summed E-state index contributed by atoms with van der Waals surface area (Å²) in [7, 11) is 2.15. The number of likely N-dealkylation sites (N-methyl/N-ethyl adjacent to an activating group) is 1. The monoisotopic (exact) mass is 223 g/mol. The third kappa shape index (κ3) is 3.20. The summed E-state index contributed by atoms with van der Waals surface area (Å²) in [6.07, 6.45) is 3.15. The van der Waals surface area contributed by atoms with E-state index in [-0.39, 0.29) is 5.54 Å². The maximum Gasteiger partial charge on any atom is 0.0638 e.